The van der Waals surface area contributed by atoms with Gasteiger partial charge in [0.1, 0.15) is 18.5 Å². The number of halogens is 1. The summed E-state index contributed by atoms with van der Waals surface area (Å²) in [6, 6.07) is 14.8. The van der Waals surface area contributed by atoms with E-state index in [1.54, 1.807) is 6.07 Å². The second-order valence-electron chi connectivity index (χ2n) is 5.23. The molecule has 0 amide bonds. The second-order valence-corrected chi connectivity index (χ2v) is 5.67. The van der Waals surface area contributed by atoms with Crippen molar-refractivity contribution < 1.29 is 4.79 Å². The largest absolute Gasteiger partial charge is 0.361 e. The van der Waals surface area contributed by atoms with Gasteiger partial charge in [0.2, 0.25) is 0 Å². The van der Waals surface area contributed by atoms with Crippen LogP contribution in [0.25, 0.3) is 0 Å². The van der Waals surface area contributed by atoms with Crippen molar-refractivity contribution in [2.75, 3.05) is 11.9 Å². The van der Waals surface area contributed by atoms with E-state index in [2.05, 4.69) is 4.99 Å². The predicted molar refractivity (Wildman–Crippen MR) is 89.8 cm³/mol. The Hall–Kier alpha value is -2.17. The number of aldehydes is 1. The molecule has 0 saturated heterocycles. The monoisotopic (exact) mass is 313 g/mol. The van der Waals surface area contributed by atoms with Crippen molar-refractivity contribution >= 4 is 29.3 Å². The van der Waals surface area contributed by atoms with Gasteiger partial charge in [0.15, 0.2) is 0 Å². The third-order valence-electron chi connectivity index (χ3n) is 3.86. The van der Waals surface area contributed by atoms with Crippen LogP contribution in [-0.4, -0.2) is 31.3 Å². The molecule has 0 aliphatic carbocycles. The lowest BCUT2D eigenvalue weighted by Crippen LogP contribution is -2.45. The molecular formula is C17H16ClN3O. The van der Waals surface area contributed by atoms with Crippen molar-refractivity contribution in [1.82, 2.24) is 0 Å². The van der Waals surface area contributed by atoms with Crippen LogP contribution in [0.5, 0.6) is 0 Å². The highest BCUT2D eigenvalue weighted by Crippen LogP contribution is 2.30. The highest BCUT2D eigenvalue weighted by molar-refractivity contribution is 6.31. The Morgan fingerprint density at radius 1 is 1.23 bits per heavy atom. The van der Waals surface area contributed by atoms with Gasteiger partial charge in [0.25, 0.3) is 0 Å². The molecule has 0 radical (unpaired) electrons. The lowest BCUT2D eigenvalue weighted by atomic mass is 10.0. The average molecular weight is 314 g/mol. The molecule has 4 nitrogen and oxygen atoms in total. The van der Waals surface area contributed by atoms with E-state index < -0.39 is 12.2 Å². The molecule has 0 saturated carbocycles. The summed E-state index contributed by atoms with van der Waals surface area (Å²) in [6.07, 6.45) is 0.199. The van der Waals surface area contributed by atoms with Gasteiger partial charge in [-0.3, -0.25) is 4.99 Å². The van der Waals surface area contributed by atoms with Crippen molar-refractivity contribution in [3.05, 3.63) is 64.7 Å². The SMILES string of the molecule is CN1c2ccc(Cl)cc2C(c2ccccc2)=NC(N)C1C=O. The van der Waals surface area contributed by atoms with Gasteiger partial charge in [0, 0.05) is 28.9 Å². The van der Waals surface area contributed by atoms with Gasteiger partial charge in [0.05, 0.1) is 5.71 Å². The molecule has 2 atom stereocenters. The fraction of sp³-hybridized carbons (Fsp3) is 0.176. The standard InChI is InChI=1S/C17H16ClN3O/c1-21-14-8-7-12(18)9-13(14)16(11-5-3-2-4-6-11)20-17(19)15(21)10-22/h2-10,15,17H,19H2,1H3. The summed E-state index contributed by atoms with van der Waals surface area (Å²) >= 11 is 6.16. The van der Waals surface area contributed by atoms with Gasteiger partial charge in [-0.2, -0.15) is 0 Å². The minimum Gasteiger partial charge on any atom is -0.361 e. The van der Waals surface area contributed by atoms with Gasteiger partial charge >= 0.3 is 0 Å². The highest BCUT2D eigenvalue weighted by atomic mass is 35.5. The molecule has 0 fully saturated rings. The third kappa shape index (κ3) is 2.51. The molecule has 1 heterocycles. The number of benzene rings is 2. The molecule has 1 aliphatic heterocycles. The molecule has 0 aromatic heterocycles. The second kappa shape index (κ2) is 5.91. The van der Waals surface area contributed by atoms with E-state index in [0.717, 1.165) is 28.8 Å². The van der Waals surface area contributed by atoms with E-state index in [-0.39, 0.29) is 0 Å². The first-order valence-electron chi connectivity index (χ1n) is 6.98. The average Bonchev–Trinajstić information content (AvgIpc) is 2.63. The zero-order valence-electron chi connectivity index (χ0n) is 12.1. The molecule has 2 N–H and O–H groups in total. The first kappa shape index (κ1) is 14.8. The summed E-state index contributed by atoms with van der Waals surface area (Å²) in [4.78, 5) is 17.9. The molecular weight excluding hydrogens is 298 g/mol. The van der Waals surface area contributed by atoms with Crippen molar-refractivity contribution in [2.45, 2.75) is 12.2 Å². The first-order valence-corrected chi connectivity index (χ1v) is 7.36. The number of anilines is 1. The van der Waals surface area contributed by atoms with Crippen molar-refractivity contribution in [3.63, 3.8) is 0 Å². The van der Waals surface area contributed by atoms with Gasteiger partial charge in [-0.15, -0.1) is 0 Å². The van der Waals surface area contributed by atoms with E-state index >= 15 is 0 Å². The van der Waals surface area contributed by atoms with Gasteiger partial charge < -0.3 is 15.4 Å². The molecule has 5 heteroatoms. The van der Waals surface area contributed by atoms with Crippen molar-refractivity contribution in [2.24, 2.45) is 10.7 Å². The number of aliphatic imine (C=N–C) groups is 1. The summed E-state index contributed by atoms with van der Waals surface area (Å²) in [5.41, 5.74) is 9.59. The smallest absolute Gasteiger partial charge is 0.145 e. The Labute approximate surface area is 134 Å². The van der Waals surface area contributed by atoms with E-state index in [0.29, 0.717) is 5.02 Å². The quantitative estimate of drug-likeness (QED) is 0.867. The van der Waals surface area contributed by atoms with Crippen LogP contribution in [0.3, 0.4) is 0 Å². The van der Waals surface area contributed by atoms with Crippen molar-refractivity contribution in [1.29, 1.82) is 0 Å². The van der Waals surface area contributed by atoms with Crippen LogP contribution >= 0.6 is 11.6 Å². The van der Waals surface area contributed by atoms with Crippen LogP contribution in [0.1, 0.15) is 11.1 Å². The number of nitrogens with two attached hydrogens (primary N) is 1. The fourth-order valence-electron chi connectivity index (χ4n) is 2.69. The normalized spacial score (nSPS) is 20.9. The summed E-state index contributed by atoms with van der Waals surface area (Å²) in [5.74, 6) is 0. The van der Waals surface area contributed by atoms with E-state index in [4.69, 9.17) is 17.3 Å². The molecule has 2 aromatic rings. The number of likely N-dealkylation sites (N-methyl/N-ethyl adjacent to an activating group) is 1. The molecule has 22 heavy (non-hydrogen) atoms. The summed E-state index contributed by atoms with van der Waals surface area (Å²) < 4.78 is 0. The van der Waals surface area contributed by atoms with Crippen molar-refractivity contribution in [3.8, 4) is 0 Å². The molecule has 2 unspecified atom stereocenters. The Morgan fingerprint density at radius 3 is 2.64 bits per heavy atom. The number of carbonyl (C=O) groups is 1. The molecule has 2 aromatic carbocycles. The minimum atomic E-state index is -0.635. The molecule has 112 valence electrons. The van der Waals surface area contributed by atoms with E-state index in [1.165, 1.54) is 0 Å². The van der Waals surface area contributed by atoms with E-state index in [1.807, 2.05) is 54.4 Å². The lowest BCUT2D eigenvalue weighted by molar-refractivity contribution is -0.109. The Balaban J connectivity index is 2.26. The number of nitrogens with zero attached hydrogens (tertiary/aromatic N) is 2. The zero-order valence-corrected chi connectivity index (χ0v) is 12.9. The topological polar surface area (TPSA) is 58.7 Å². The summed E-state index contributed by atoms with van der Waals surface area (Å²) in [5, 5.41) is 0.619. The predicted octanol–water partition coefficient (Wildman–Crippen LogP) is 2.48. The molecule has 3 rings (SSSR count). The lowest BCUT2D eigenvalue weighted by Gasteiger charge is -2.27. The maximum Gasteiger partial charge on any atom is 0.145 e. The summed E-state index contributed by atoms with van der Waals surface area (Å²) in [6.45, 7) is 0. The first-order chi connectivity index (χ1) is 10.6. The Kier molecular flexibility index (Phi) is 3.96. The number of carbonyl (C=O) groups excluding carboxylic acids is 1. The molecule has 0 spiro atoms. The number of hydrogen-bond acceptors (Lipinski definition) is 4. The van der Waals surface area contributed by atoms with Crippen LogP contribution < -0.4 is 10.6 Å². The van der Waals surface area contributed by atoms with Crippen LogP contribution in [0, 0.1) is 0 Å². The summed E-state index contributed by atoms with van der Waals surface area (Å²) in [7, 11) is 1.84. The number of fused-ring (bicyclic) bond motifs is 1. The maximum atomic E-state index is 11.4. The number of benzodiazepines with no additional fused rings is 1. The number of rotatable bonds is 2. The van der Waals surface area contributed by atoms with Gasteiger partial charge in [-0.05, 0) is 18.2 Å². The van der Waals surface area contributed by atoms with Crippen LogP contribution in [-0.2, 0) is 4.79 Å². The molecule has 0 bridgehead atoms. The third-order valence-corrected chi connectivity index (χ3v) is 4.09. The van der Waals surface area contributed by atoms with E-state index in [9.17, 15) is 4.79 Å². The van der Waals surface area contributed by atoms with Gasteiger partial charge in [-0.25, -0.2) is 0 Å². The minimum absolute atomic E-state index is 0.513. The maximum absolute atomic E-state index is 11.4. The van der Waals surface area contributed by atoms with Crippen LogP contribution in [0.2, 0.25) is 5.02 Å². The number of hydrogen-bond donors (Lipinski definition) is 1. The molecule has 1 aliphatic rings. The Bertz CT molecular complexity index is 730. The highest BCUT2D eigenvalue weighted by Gasteiger charge is 2.29. The van der Waals surface area contributed by atoms with Crippen LogP contribution in [0.4, 0.5) is 5.69 Å². The Morgan fingerprint density at radius 2 is 1.95 bits per heavy atom. The van der Waals surface area contributed by atoms with Crippen LogP contribution in [0.15, 0.2) is 53.5 Å². The van der Waals surface area contributed by atoms with Gasteiger partial charge in [-0.1, -0.05) is 41.9 Å². The zero-order chi connectivity index (χ0) is 15.7. The fourth-order valence-corrected chi connectivity index (χ4v) is 2.86.